The number of hydrogen-bond acceptors (Lipinski definition) is 4. The third kappa shape index (κ3) is 2.77. The van der Waals surface area contributed by atoms with Gasteiger partial charge in [-0.2, -0.15) is 0 Å². The Labute approximate surface area is 88.7 Å². The average Bonchev–Trinajstić information content (AvgIpc) is 2.70. The molecule has 1 aromatic rings. The predicted octanol–water partition coefficient (Wildman–Crippen LogP) is 1.50. The highest BCUT2D eigenvalue weighted by molar-refractivity contribution is 7.09. The lowest BCUT2D eigenvalue weighted by molar-refractivity contribution is 0.341. The SMILES string of the molecule is NC1CCC(NCc2nccs2)CC1. The van der Waals surface area contributed by atoms with Crippen LogP contribution in [0.4, 0.5) is 0 Å². The summed E-state index contributed by atoms with van der Waals surface area (Å²) in [7, 11) is 0. The smallest absolute Gasteiger partial charge is 0.106 e. The molecule has 1 fully saturated rings. The monoisotopic (exact) mass is 211 g/mol. The Morgan fingerprint density at radius 3 is 2.86 bits per heavy atom. The van der Waals surface area contributed by atoms with Gasteiger partial charge in [-0.25, -0.2) is 4.98 Å². The molecule has 1 saturated carbocycles. The van der Waals surface area contributed by atoms with Gasteiger partial charge in [0.2, 0.25) is 0 Å². The molecule has 2 rings (SSSR count). The summed E-state index contributed by atoms with van der Waals surface area (Å²) in [5, 5.41) is 6.74. The van der Waals surface area contributed by atoms with E-state index in [0.717, 1.165) is 19.4 Å². The first-order valence-corrected chi connectivity index (χ1v) is 6.10. The van der Waals surface area contributed by atoms with Crippen LogP contribution in [0.2, 0.25) is 0 Å². The van der Waals surface area contributed by atoms with Gasteiger partial charge in [0, 0.05) is 30.2 Å². The van der Waals surface area contributed by atoms with Crippen LogP contribution in [-0.4, -0.2) is 17.1 Å². The third-order valence-corrected chi connectivity index (χ3v) is 3.58. The van der Waals surface area contributed by atoms with E-state index in [4.69, 9.17) is 5.73 Å². The van der Waals surface area contributed by atoms with Crippen molar-refractivity contribution in [3.63, 3.8) is 0 Å². The first-order valence-electron chi connectivity index (χ1n) is 5.22. The summed E-state index contributed by atoms with van der Waals surface area (Å²) in [4.78, 5) is 4.25. The highest BCUT2D eigenvalue weighted by Crippen LogP contribution is 2.17. The Hall–Kier alpha value is -0.450. The van der Waals surface area contributed by atoms with Gasteiger partial charge < -0.3 is 11.1 Å². The van der Waals surface area contributed by atoms with Gasteiger partial charge in [0.15, 0.2) is 0 Å². The van der Waals surface area contributed by atoms with Gasteiger partial charge >= 0.3 is 0 Å². The van der Waals surface area contributed by atoms with Gasteiger partial charge in [0.1, 0.15) is 5.01 Å². The molecule has 0 bridgehead atoms. The van der Waals surface area contributed by atoms with Gasteiger partial charge in [0.05, 0.1) is 0 Å². The van der Waals surface area contributed by atoms with E-state index < -0.39 is 0 Å². The summed E-state index contributed by atoms with van der Waals surface area (Å²) < 4.78 is 0. The van der Waals surface area contributed by atoms with Crippen molar-refractivity contribution < 1.29 is 0 Å². The zero-order chi connectivity index (χ0) is 9.80. The molecule has 1 aromatic heterocycles. The second-order valence-corrected chi connectivity index (χ2v) is 4.90. The highest BCUT2D eigenvalue weighted by atomic mass is 32.1. The van der Waals surface area contributed by atoms with E-state index in [1.54, 1.807) is 11.3 Å². The summed E-state index contributed by atoms with van der Waals surface area (Å²) in [6.07, 6.45) is 6.61. The maximum Gasteiger partial charge on any atom is 0.106 e. The Morgan fingerprint density at radius 1 is 1.43 bits per heavy atom. The molecule has 0 aromatic carbocycles. The molecule has 0 atom stereocenters. The lowest BCUT2D eigenvalue weighted by Gasteiger charge is -2.26. The quantitative estimate of drug-likeness (QED) is 0.796. The first-order chi connectivity index (χ1) is 6.84. The lowest BCUT2D eigenvalue weighted by Crippen LogP contribution is -2.36. The van der Waals surface area contributed by atoms with Crippen molar-refractivity contribution >= 4 is 11.3 Å². The largest absolute Gasteiger partial charge is 0.328 e. The molecular formula is C10H17N3S. The van der Waals surface area contributed by atoms with Crippen LogP contribution in [-0.2, 0) is 6.54 Å². The molecule has 0 unspecified atom stereocenters. The van der Waals surface area contributed by atoms with E-state index in [1.165, 1.54) is 17.8 Å². The topological polar surface area (TPSA) is 50.9 Å². The minimum atomic E-state index is 0.438. The molecule has 0 spiro atoms. The van der Waals surface area contributed by atoms with Gasteiger partial charge in [-0.1, -0.05) is 0 Å². The molecule has 78 valence electrons. The van der Waals surface area contributed by atoms with E-state index in [1.807, 2.05) is 11.6 Å². The van der Waals surface area contributed by atoms with Crippen molar-refractivity contribution in [1.82, 2.24) is 10.3 Å². The number of nitrogens with one attached hydrogen (secondary N) is 1. The van der Waals surface area contributed by atoms with Crippen molar-refractivity contribution in [3.05, 3.63) is 16.6 Å². The predicted molar refractivity (Wildman–Crippen MR) is 59.2 cm³/mol. The van der Waals surface area contributed by atoms with E-state index in [9.17, 15) is 0 Å². The maximum absolute atomic E-state index is 5.85. The summed E-state index contributed by atoms with van der Waals surface area (Å²) in [6, 6.07) is 1.09. The summed E-state index contributed by atoms with van der Waals surface area (Å²) in [6.45, 7) is 0.914. The van der Waals surface area contributed by atoms with E-state index >= 15 is 0 Å². The number of hydrogen-bond donors (Lipinski definition) is 2. The summed E-state index contributed by atoms with van der Waals surface area (Å²) in [5.41, 5.74) is 5.85. The standard InChI is InChI=1S/C10H17N3S/c11-8-1-3-9(4-2-8)13-7-10-12-5-6-14-10/h5-6,8-9,13H,1-4,7,11H2. The molecule has 1 aliphatic rings. The molecule has 1 heterocycles. The van der Waals surface area contributed by atoms with Gasteiger partial charge in [-0.05, 0) is 25.7 Å². The van der Waals surface area contributed by atoms with E-state index in [-0.39, 0.29) is 0 Å². The molecule has 3 nitrogen and oxygen atoms in total. The van der Waals surface area contributed by atoms with Crippen molar-refractivity contribution in [3.8, 4) is 0 Å². The van der Waals surface area contributed by atoms with E-state index in [0.29, 0.717) is 12.1 Å². The van der Waals surface area contributed by atoms with Crippen LogP contribution in [0.5, 0.6) is 0 Å². The summed E-state index contributed by atoms with van der Waals surface area (Å²) in [5.74, 6) is 0. The number of thiazole rings is 1. The zero-order valence-electron chi connectivity index (χ0n) is 8.28. The molecule has 4 heteroatoms. The lowest BCUT2D eigenvalue weighted by atomic mass is 9.92. The van der Waals surface area contributed by atoms with Crippen molar-refractivity contribution in [2.45, 2.75) is 44.3 Å². The van der Waals surface area contributed by atoms with Crippen LogP contribution in [0, 0.1) is 0 Å². The third-order valence-electron chi connectivity index (χ3n) is 2.80. The molecule has 0 amide bonds. The summed E-state index contributed by atoms with van der Waals surface area (Å²) >= 11 is 1.71. The van der Waals surface area contributed by atoms with Crippen LogP contribution in [0.1, 0.15) is 30.7 Å². The van der Waals surface area contributed by atoms with E-state index in [2.05, 4.69) is 10.3 Å². The molecular weight excluding hydrogens is 194 g/mol. The highest BCUT2D eigenvalue weighted by Gasteiger charge is 2.17. The van der Waals surface area contributed by atoms with Crippen LogP contribution in [0.15, 0.2) is 11.6 Å². The Bertz CT molecular complexity index is 252. The second kappa shape index (κ2) is 4.87. The molecule has 3 N–H and O–H groups in total. The Balaban J connectivity index is 1.71. The molecule has 0 saturated heterocycles. The maximum atomic E-state index is 5.85. The van der Waals surface area contributed by atoms with Crippen LogP contribution >= 0.6 is 11.3 Å². The minimum absolute atomic E-state index is 0.438. The number of aromatic nitrogens is 1. The number of nitrogens with two attached hydrogens (primary N) is 1. The minimum Gasteiger partial charge on any atom is -0.328 e. The molecule has 0 aliphatic heterocycles. The van der Waals surface area contributed by atoms with Crippen molar-refractivity contribution in [2.75, 3.05) is 0 Å². The van der Waals surface area contributed by atoms with Crippen LogP contribution in [0.25, 0.3) is 0 Å². The first kappa shape index (κ1) is 10.1. The van der Waals surface area contributed by atoms with Crippen molar-refractivity contribution in [2.24, 2.45) is 5.73 Å². The van der Waals surface area contributed by atoms with Crippen LogP contribution in [0.3, 0.4) is 0 Å². The molecule has 0 radical (unpaired) electrons. The number of rotatable bonds is 3. The number of nitrogens with zero attached hydrogens (tertiary/aromatic N) is 1. The zero-order valence-corrected chi connectivity index (χ0v) is 9.09. The van der Waals surface area contributed by atoms with Gasteiger partial charge in [0.25, 0.3) is 0 Å². The second-order valence-electron chi connectivity index (χ2n) is 3.92. The fraction of sp³-hybridized carbons (Fsp3) is 0.700. The molecule has 1 aliphatic carbocycles. The molecule has 14 heavy (non-hydrogen) atoms. The van der Waals surface area contributed by atoms with Gasteiger partial charge in [-0.3, -0.25) is 0 Å². The Kier molecular flexibility index (Phi) is 3.50. The normalized spacial score (nSPS) is 27.8. The Morgan fingerprint density at radius 2 is 2.21 bits per heavy atom. The fourth-order valence-corrected chi connectivity index (χ4v) is 2.46. The van der Waals surface area contributed by atoms with Crippen LogP contribution < -0.4 is 11.1 Å². The van der Waals surface area contributed by atoms with Gasteiger partial charge in [-0.15, -0.1) is 11.3 Å². The fourth-order valence-electron chi connectivity index (χ4n) is 1.90. The van der Waals surface area contributed by atoms with Crippen molar-refractivity contribution in [1.29, 1.82) is 0 Å². The average molecular weight is 211 g/mol.